The number of carbonyl (C=O) groups is 3. The molecule has 0 spiro atoms. The third-order valence-electron chi connectivity index (χ3n) is 11.3. The Balaban J connectivity index is 4.61. The molecule has 0 aromatic rings. The fourth-order valence-corrected chi connectivity index (χ4v) is 8.27. The number of nitrogens with one attached hydrogen (secondary N) is 1. The Kier molecular flexibility index (Phi) is 43.9. The molecule has 5 N–H and O–H groups in total. The van der Waals surface area contributed by atoms with Crippen molar-refractivity contribution in [1.82, 2.24) is 5.32 Å². The number of rotatable bonds is 48. The number of nitrogens with two attached hydrogens (primary N) is 2. The molecule has 61 heavy (non-hydrogen) atoms. The second-order valence-corrected chi connectivity index (χ2v) is 18.9. The number of phosphoric acid groups is 1. The van der Waals surface area contributed by atoms with E-state index in [1.807, 2.05) is 0 Å². The van der Waals surface area contributed by atoms with E-state index >= 15 is 0 Å². The van der Waals surface area contributed by atoms with Gasteiger partial charge in [-0.2, -0.15) is 0 Å². The Hall–Kier alpha value is -1.56. The Morgan fingerprint density at radius 2 is 0.951 bits per heavy atom. The number of esters is 2. The van der Waals surface area contributed by atoms with E-state index in [9.17, 15) is 18.9 Å². The van der Waals surface area contributed by atoms with Crippen LogP contribution in [-0.2, 0) is 42.0 Å². The van der Waals surface area contributed by atoms with Gasteiger partial charge >= 0.3 is 19.8 Å². The van der Waals surface area contributed by atoms with E-state index in [1.54, 1.807) is 0 Å². The van der Waals surface area contributed by atoms with Gasteiger partial charge in [0, 0.05) is 26.5 Å². The van der Waals surface area contributed by atoms with E-state index in [1.165, 1.54) is 155 Å². The zero-order valence-electron chi connectivity index (χ0n) is 39.7. The summed E-state index contributed by atoms with van der Waals surface area (Å²) in [6, 6.07) is -0.677. The van der Waals surface area contributed by atoms with Gasteiger partial charge in [0.1, 0.15) is 6.61 Å². The molecule has 0 heterocycles. The van der Waals surface area contributed by atoms with Crippen molar-refractivity contribution in [3.8, 4) is 0 Å². The molecule has 0 bridgehead atoms. The van der Waals surface area contributed by atoms with Crippen molar-refractivity contribution >= 4 is 25.7 Å². The highest BCUT2D eigenvalue weighted by Crippen LogP contribution is 2.48. The number of phosphoric ester groups is 1. The summed E-state index contributed by atoms with van der Waals surface area (Å²) in [7, 11) is -2.90. The van der Waals surface area contributed by atoms with Crippen LogP contribution in [0.15, 0.2) is 0 Å². The average molecular weight is 890 g/mol. The number of amides is 1. The van der Waals surface area contributed by atoms with Crippen LogP contribution in [-0.4, -0.2) is 70.0 Å². The van der Waals surface area contributed by atoms with Crippen molar-refractivity contribution in [2.45, 2.75) is 251 Å². The fourth-order valence-electron chi connectivity index (χ4n) is 7.32. The molecular formula is C48H96N3O9P. The highest BCUT2D eigenvalue weighted by Gasteiger charge is 2.29. The molecule has 0 rings (SSSR count). The molecule has 0 fully saturated rings. The van der Waals surface area contributed by atoms with Crippen LogP contribution >= 0.6 is 7.82 Å². The predicted molar refractivity (Wildman–Crippen MR) is 250 cm³/mol. The molecule has 3 atom stereocenters. The molecule has 0 aromatic heterocycles. The minimum absolute atomic E-state index is 0.0364. The van der Waals surface area contributed by atoms with Crippen LogP contribution in [0.2, 0.25) is 0 Å². The summed E-state index contributed by atoms with van der Waals surface area (Å²) in [6.07, 6.45) is 38.7. The summed E-state index contributed by atoms with van der Waals surface area (Å²) in [5.74, 6) is -1.15. The van der Waals surface area contributed by atoms with Gasteiger partial charge in [0.25, 0.3) is 0 Å². The minimum atomic E-state index is -4.08. The second kappa shape index (κ2) is 45.0. The molecule has 0 aliphatic heterocycles. The van der Waals surface area contributed by atoms with E-state index < -0.39 is 25.9 Å². The molecule has 12 nitrogen and oxygen atoms in total. The van der Waals surface area contributed by atoms with Gasteiger partial charge in [-0.15, -0.1) is 0 Å². The van der Waals surface area contributed by atoms with E-state index in [-0.39, 0.29) is 51.1 Å². The number of hydrogen-bond donors (Lipinski definition) is 3. The number of hydrogen-bond acceptors (Lipinski definition) is 11. The lowest BCUT2D eigenvalue weighted by molar-refractivity contribution is -0.161. The van der Waals surface area contributed by atoms with Gasteiger partial charge in [-0.25, -0.2) is 4.57 Å². The lowest BCUT2D eigenvalue weighted by atomic mass is 10.0. The number of ether oxygens (including phenoxy) is 2. The zero-order valence-corrected chi connectivity index (χ0v) is 40.6. The molecular weight excluding hydrogens is 794 g/mol. The maximum absolute atomic E-state index is 13.2. The molecule has 0 saturated carbocycles. The summed E-state index contributed by atoms with van der Waals surface area (Å²) in [6.45, 7) is 4.34. The van der Waals surface area contributed by atoms with Crippen molar-refractivity contribution in [2.24, 2.45) is 11.5 Å². The van der Waals surface area contributed by atoms with Crippen LogP contribution in [0.1, 0.15) is 239 Å². The Morgan fingerprint density at radius 1 is 0.541 bits per heavy atom. The maximum atomic E-state index is 13.2. The molecule has 0 aromatic carbocycles. The highest BCUT2D eigenvalue weighted by molar-refractivity contribution is 7.48. The van der Waals surface area contributed by atoms with Crippen molar-refractivity contribution in [3.63, 3.8) is 0 Å². The van der Waals surface area contributed by atoms with E-state index in [4.69, 9.17) is 34.5 Å². The van der Waals surface area contributed by atoms with Crippen molar-refractivity contribution in [1.29, 1.82) is 0 Å². The van der Waals surface area contributed by atoms with Gasteiger partial charge in [-0.1, -0.05) is 200 Å². The largest absolute Gasteiger partial charge is 0.474 e. The molecule has 0 radical (unpaired) electrons. The van der Waals surface area contributed by atoms with Crippen LogP contribution in [0.5, 0.6) is 0 Å². The van der Waals surface area contributed by atoms with E-state index in [2.05, 4.69) is 19.2 Å². The summed E-state index contributed by atoms with van der Waals surface area (Å²) in [4.78, 5) is 37.8. The number of carbonyl (C=O) groups excluding carboxylic acids is 3. The summed E-state index contributed by atoms with van der Waals surface area (Å²) >= 11 is 0. The van der Waals surface area contributed by atoms with Gasteiger partial charge in [-0.3, -0.25) is 28.0 Å². The highest BCUT2D eigenvalue weighted by atomic mass is 31.2. The Bertz CT molecular complexity index is 1050. The zero-order chi connectivity index (χ0) is 44.9. The summed E-state index contributed by atoms with van der Waals surface area (Å²) in [5.41, 5.74) is 11.4. The van der Waals surface area contributed by atoms with Gasteiger partial charge in [0.15, 0.2) is 6.10 Å². The predicted octanol–water partition coefficient (Wildman–Crippen LogP) is 12.3. The van der Waals surface area contributed by atoms with E-state index in [0.29, 0.717) is 19.4 Å². The van der Waals surface area contributed by atoms with Gasteiger partial charge < -0.3 is 26.3 Å². The maximum Gasteiger partial charge on any atom is 0.474 e. The normalized spacial score (nSPS) is 13.5. The SMILES string of the molecule is CCCCCCCCCCCCCCCCCC(=O)OCC(COP(=O)(OC)OCCNC(=O)C(N)CCCCN)OC(=O)CCCCCCCCCCCCCCCCC. The van der Waals surface area contributed by atoms with Crippen LogP contribution in [0.25, 0.3) is 0 Å². The van der Waals surface area contributed by atoms with Crippen molar-refractivity contribution in [3.05, 3.63) is 0 Å². The molecule has 0 saturated heterocycles. The van der Waals surface area contributed by atoms with Gasteiger partial charge in [0.05, 0.1) is 19.3 Å². The third kappa shape index (κ3) is 40.9. The Labute approximate surface area is 374 Å². The average Bonchev–Trinajstić information content (AvgIpc) is 3.26. The van der Waals surface area contributed by atoms with Crippen LogP contribution < -0.4 is 16.8 Å². The lowest BCUT2D eigenvalue weighted by Gasteiger charge is -2.21. The standard InChI is InChI=1S/C48H96N3O9P/c1-4-6-8-10-12-14-16-18-20-22-24-26-28-30-32-37-46(52)57-42-44(43-59-61(55,56-3)58-41-40-51-48(54)45(50)36-34-35-39-49)60-47(53)38-33-31-29-27-25-23-21-19-17-15-13-11-9-7-5-2/h44-45H,4-43,49-50H2,1-3H3,(H,51,54). The van der Waals surface area contributed by atoms with Crippen LogP contribution in [0, 0.1) is 0 Å². The second-order valence-electron chi connectivity index (χ2n) is 17.1. The summed E-state index contributed by atoms with van der Waals surface area (Å²) < 4.78 is 40.3. The first-order valence-electron chi connectivity index (χ1n) is 25.2. The quantitative estimate of drug-likeness (QED) is 0.0301. The third-order valence-corrected chi connectivity index (χ3v) is 12.7. The molecule has 0 aliphatic rings. The Morgan fingerprint density at radius 3 is 1.36 bits per heavy atom. The van der Waals surface area contributed by atoms with Gasteiger partial charge in [0.2, 0.25) is 5.91 Å². The first-order chi connectivity index (χ1) is 29.7. The smallest absolute Gasteiger partial charge is 0.462 e. The molecule has 0 aliphatic carbocycles. The van der Waals surface area contributed by atoms with E-state index in [0.717, 1.165) is 51.4 Å². The molecule has 1 amide bonds. The lowest BCUT2D eigenvalue weighted by Crippen LogP contribution is -2.41. The minimum Gasteiger partial charge on any atom is -0.462 e. The van der Waals surface area contributed by atoms with Crippen molar-refractivity contribution < 1.29 is 42.0 Å². The van der Waals surface area contributed by atoms with Crippen molar-refractivity contribution in [2.75, 3.05) is 40.0 Å². The fraction of sp³-hybridized carbons (Fsp3) is 0.938. The first kappa shape index (κ1) is 59.4. The molecule has 3 unspecified atom stereocenters. The monoisotopic (exact) mass is 890 g/mol. The van der Waals surface area contributed by atoms with Gasteiger partial charge in [-0.05, 0) is 32.2 Å². The topological polar surface area (TPSA) is 178 Å². The number of unbranched alkanes of at least 4 members (excludes halogenated alkanes) is 29. The molecule has 13 heteroatoms. The first-order valence-corrected chi connectivity index (χ1v) is 26.7. The molecule has 362 valence electrons. The van der Waals surface area contributed by atoms with Crippen LogP contribution in [0.3, 0.4) is 0 Å². The van der Waals surface area contributed by atoms with Crippen LogP contribution in [0.4, 0.5) is 0 Å². The summed E-state index contributed by atoms with van der Waals surface area (Å²) in [5, 5.41) is 2.65.